The summed E-state index contributed by atoms with van der Waals surface area (Å²) >= 11 is 5.90. The predicted molar refractivity (Wildman–Crippen MR) is 97.1 cm³/mol. The lowest BCUT2D eigenvalue weighted by atomic mass is 10.3. The minimum atomic E-state index is -3.56. The van der Waals surface area contributed by atoms with Crippen LogP contribution >= 0.6 is 11.6 Å². The minimum Gasteiger partial charge on any atom is -0.340 e. The van der Waals surface area contributed by atoms with Gasteiger partial charge in [-0.3, -0.25) is 4.79 Å². The number of hydrogen-bond donors (Lipinski definition) is 0. The summed E-state index contributed by atoms with van der Waals surface area (Å²) in [6, 6.07) is 6.30. The van der Waals surface area contributed by atoms with Crippen molar-refractivity contribution in [3.63, 3.8) is 0 Å². The van der Waals surface area contributed by atoms with Crippen LogP contribution in [0.15, 0.2) is 29.2 Å². The van der Waals surface area contributed by atoms with E-state index in [-0.39, 0.29) is 10.8 Å². The lowest BCUT2D eigenvalue weighted by molar-refractivity contribution is -0.132. The molecule has 0 unspecified atom stereocenters. The Morgan fingerprint density at radius 3 is 2.36 bits per heavy atom. The van der Waals surface area contributed by atoms with Crippen LogP contribution in [0, 0.1) is 0 Å². The number of piperazine rings is 1. The first-order valence-corrected chi connectivity index (χ1v) is 10.5. The molecule has 1 aromatic rings. The Kier molecular flexibility index (Phi) is 5.99. The molecular weight excluding hydrogens is 362 g/mol. The molecule has 0 radical (unpaired) electrons. The molecule has 2 fully saturated rings. The maximum Gasteiger partial charge on any atom is 0.243 e. The molecule has 0 atom stereocenters. The Labute approximate surface area is 154 Å². The second kappa shape index (κ2) is 8.03. The molecule has 0 aliphatic carbocycles. The van der Waals surface area contributed by atoms with E-state index in [1.54, 1.807) is 23.1 Å². The highest BCUT2D eigenvalue weighted by atomic mass is 35.5. The Bertz CT molecular complexity index is 712. The van der Waals surface area contributed by atoms with Gasteiger partial charge in [0.1, 0.15) is 0 Å². The van der Waals surface area contributed by atoms with E-state index in [0.29, 0.717) is 37.6 Å². The molecular formula is C17H24ClN3O3S. The van der Waals surface area contributed by atoms with E-state index in [1.165, 1.54) is 23.2 Å². The molecule has 25 heavy (non-hydrogen) atoms. The van der Waals surface area contributed by atoms with Gasteiger partial charge in [-0.05, 0) is 44.1 Å². The van der Waals surface area contributed by atoms with Gasteiger partial charge < -0.3 is 9.80 Å². The van der Waals surface area contributed by atoms with Gasteiger partial charge in [0.2, 0.25) is 15.9 Å². The number of nitrogens with zero attached hydrogens (tertiary/aromatic N) is 3. The number of carbonyl (C=O) groups excluding carboxylic acids is 1. The van der Waals surface area contributed by atoms with Crippen LogP contribution < -0.4 is 0 Å². The monoisotopic (exact) mass is 385 g/mol. The second-order valence-electron chi connectivity index (χ2n) is 6.54. The summed E-state index contributed by atoms with van der Waals surface area (Å²) in [4.78, 5) is 16.6. The predicted octanol–water partition coefficient (Wildman–Crippen LogP) is 1.66. The fraction of sp³-hybridized carbons (Fsp3) is 0.588. The van der Waals surface area contributed by atoms with Gasteiger partial charge in [0.25, 0.3) is 0 Å². The summed E-state index contributed by atoms with van der Waals surface area (Å²) in [6.45, 7) is 4.50. The van der Waals surface area contributed by atoms with E-state index < -0.39 is 10.0 Å². The molecule has 2 aliphatic heterocycles. The average molecular weight is 386 g/mol. The van der Waals surface area contributed by atoms with Crippen molar-refractivity contribution in [1.82, 2.24) is 14.1 Å². The molecule has 0 saturated carbocycles. The topological polar surface area (TPSA) is 60.9 Å². The van der Waals surface area contributed by atoms with E-state index >= 15 is 0 Å². The first-order chi connectivity index (χ1) is 12.0. The van der Waals surface area contributed by atoms with Crippen LogP contribution in [0.1, 0.15) is 19.3 Å². The van der Waals surface area contributed by atoms with E-state index in [4.69, 9.17) is 11.6 Å². The van der Waals surface area contributed by atoms with Crippen molar-refractivity contribution in [3.8, 4) is 0 Å². The van der Waals surface area contributed by atoms with Gasteiger partial charge in [-0.25, -0.2) is 8.42 Å². The zero-order valence-electron chi connectivity index (χ0n) is 14.2. The Morgan fingerprint density at radius 1 is 1.04 bits per heavy atom. The summed E-state index contributed by atoms with van der Waals surface area (Å²) in [7, 11) is -3.56. The van der Waals surface area contributed by atoms with Gasteiger partial charge in [-0.15, -0.1) is 0 Å². The molecule has 2 saturated heterocycles. The normalized spacial score (nSPS) is 20.1. The minimum absolute atomic E-state index is 0.117. The quantitative estimate of drug-likeness (QED) is 0.773. The van der Waals surface area contributed by atoms with Crippen LogP contribution in [-0.4, -0.2) is 74.2 Å². The first kappa shape index (κ1) is 18.6. The first-order valence-electron chi connectivity index (χ1n) is 8.73. The van der Waals surface area contributed by atoms with Crippen molar-refractivity contribution in [2.24, 2.45) is 0 Å². The zero-order chi connectivity index (χ0) is 17.9. The van der Waals surface area contributed by atoms with Crippen molar-refractivity contribution in [2.45, 2.75) is 24.2 Å². The summed E-state index contributed by atoms with van der Waals surface area (Å²) < 4.78 is 26.8. The number of benzene rings is 1. The molecule has 8 heteroatoms. The standard InChI is InChI=1S/C17H24ClN3O3S/c18-15-4-3-5-16(14-15)25(23,24)21-12-10-20(11-13-21)17(22)6-9-19-7-1-2-8-19/h3-5,14H,1-2,6-13H2. The number of likely N-dealkylation sites (tertiary alicyclic amines) is 1. The van der Waals surface area contributed by atoms with Crippen molar-refractivity contribution in [1.29, 1.82) is 0 Å². The number of hydrogen-bond acceptors (Lipinski definition) is 4. The molecule has 0 bridgehead atoms. The highest BCUT2D eigenvalue weighted by molar-refractivity contribution is 7.89. The third-order valence-corrected chi connectivity index (χ3v) is 7.00. The lowest BCUT2D eigenvalue weighted by Crippen LogP contribution is -2.50. The lowest BCUT2D eigenvalue weighted by Gasteiger charge is -2.34. The van der Waals surface area contributed by atoms with Crippen LogP contribution in [-0.2, 0) is 14.8 Å². The van der Waals surface area contributed by atoms with Crippen LogP contribution in [0.25, 0.3) is 0 Å². The van der Waals surface area contributed by atoms with E-state index in [9.17, 15) is 13.2 Å². The van der Waals surface area contributed by atoms with Gasteiger partial charge in [-0.2, -0.15) is 4.31 Å². The van der Waals surface area contributed by atoms with Crippen molar-refractivity contribution in [3.05, 3.63) is 29.3 Å². The molecule has 0 aromatic heterocycles. The van der Waals surface area contributed by atoms with Crippen LogP contribution in [0.4, 0.5) is 0 Å². The van der Waals surface area contributed by atoms with E-state index in [0.717, 1.165) is 19.6 Å². The fourth-order valence-electron chi connectivity index (χ4n) is 3.37. The fourth-order valence-corrected chi connectivity index (χ4v) is 5.10. The largest absolute Gasteiger partial charge is 0.340 e. The molecule has 138 valence electrons. The SMILES string of the molecule is O=C(CCN1CCCC1)N1CCN(S(=O)(=O)c2cccc(Cl)c2)CC1. The number of sulfonamides is 1. The molecule has 3 rings (SSSR count). The average Bonchev–Trinajstić information content (AvgIpc) is 3.13. The summed E-state index contributed by atoms with van der Waals surface area (Å²) in [5.41, 5.74) is 0. The third kappa shape index (κ3) is 4.53. The number of carbonyl (C=O) groups is 1. The summed E-state index contributed by atoms with van der Waals surface area (Å²) in [6.07, 6.45) is 2.95. The number of amides is 1. The van der Waals surface area contributed by atoms with Crippen LogP contribution in [0.2, 0.25) is 5.02 Å². The molecule has 1 amide bonds. The molecule has 2 aliphatic rings. The highest BCUT2D eigenvalue weighted by Gasteiger charge is 2.30. The second-order valence-corrected chi connectivity index (χ2v) is 8.92. The smallest absolute Gasteiger partial charge is 0.243 e. The van der Waals surface area contributed by atoms with Gasteiger partial charge in [-0.1, -0.05) is 17.7 Å². The van der Waals surface area contributed by atoms with E-state index in [2.05, 4.69) is 4.90 Å². The summed E-state index contributed by atoms with van der Waals surface area (Å²) in [5, 5.41) is 0.400. The number of halogens is 1. The maximum absolute atomic E-state index is 12.7. The molecule has 1 aromatic carbocycles. The van der Waals surface area contributed by atoms with Gasteiger partial charge >= 0.3 is 0 Å². The maximum atomic E-state index is 12.7. The van der Waals surface area contributed by atoms with Gasteiger partial charge in [0, 0.05) is 44.2 Å². The van der Waals surface area contributed by atoms with Crippen LogP contribution in [0.3, 0.4) is 0 Å². The molecule has 0 N–H and O–H groups in total. The van der Waals surface area contributed by atoms with E-state index in [1.807, 2.05) is 0 Å². The zero-order valence-corrected chi connectivity index (χ0v) is 15.8. The third-order valence-electron chi connectivity index (χ3n) is 4.87. The molecule has 2 heterocycles. The van der Waals surface area contributed by atoms with Gasteiger partial charge in [0.05, 0.1) is 4.90 Å². The Hall–Kier alpha value is -1.15. The van der Waals surface area contributed by atoms with Crippen molar-refractivity contribution >= 4 is 27.5 Å². The summed E-state index contributed by atoms with van der Waals surface area (Å²) in [5.74, 6) is 0.117. The highest BCUT2D eigenvalue weighted by Crippen LogP contribution is 2.21. The van der Waals surface area contributed by atoms with Crippen LogP contribution in [0.5, 0.6) is 0 Å². The van der Waals surface area contributed by atoms with Gasteiger partial charge in [0.15, 0.2) is 0 Å². The Balaban J connectivity index is 1.53. The molecule has 6 nitrogen and oxygen atoms in total. The number of rotatable bonds is 5. The van der Waals surface area contributed by atoms with Crippen molar-refractivity contribution in [2.75, 3.05) is 45.8 Å². The Morgan fingerprint density at radius 2 is 1.72 bits per heavy atom. The van der Waals surface area contributed by atoms with Crippen molar-refractivity contribution < 1.29 is 13.2 Å². The molecule has 0 spiro atoms.